The van der Waals surface area contributed by atoms with E-state index in [1.807, 2.05) is 0 Å². The number of rotatable bonds is 4. The zero-order valence-electron chi connectivity index (χ0n) is 22.8. The molecule has 5 aromatic carbocycles. The van der Waals surface area contributed by atoms with Gasteiger partial charge in [-0.3, -0.25) is 0 Å². The minimum atomic E-state index is -0.313. The SMILES string of the molecule is C=C/C(=C\C=N)c1ccc(-c2ccc3c(c2)-c2c(ccc4c2CCC=C4)C32c3ccccc3-c3ccccc32)cc1. The topological polar surface area (TPSA) is 23.9 Å². The first-order valence-electron chi connectivity index (χ1n) is 14.4. The molecule has 3 aliphatic rings. The molecule has 1 nitrogen and oxygen atoms in total. The van der Waals surface area contributed by atoms with Crippen LogP contribution in [0.1, 0.15) is 45.4 Å². The summed E-state index contributed by atoms with van der Waals surface area (Å²) < 4.78 is 0. The van der Waals surface area contributed by atoms with Gasteiger partial charge in [-0.15, -0.1) is 0 Å². The highest BCUT2D eigenvalue weighted by atomic mass is 14.5. The molecule has 1 N–H and O–H groups in total. The maximum absolute atomic E-state index is 7.47. The lowest BCUT2D eigenvalue weighted by Crippen LogP contribution is -2.26. The van der Waals surface area contributed by atoms with E-state index in [-0.39, 0.29) is 5.41 Å². The number of benzene rings is 5. The molecule has 0 fully saturated rings. The molecule has 194 valence electrons. The smallest absolute Gasteiger partial charge is 0.0725 e. The van der Waals surface area contributed by atoms with Crippen LogP contribution in [0.2, 0.25) is 0 Å². The van der Waals surface area contributed by atoms with E-state index in [4.69, 9.17) is 5.41 Å². The van der Waals surface area contributed by atoms with Crippen molar-refractivity contribution in [1.82, 2.24) is 0 Å². The van der Waals surface area contributed by atoms with Crippen molar-refractivity contribution >= 4 is 17.9 Å². The van der Waals surface area contributed by atoms with Crippen molar-refractivity contribution in [3.05, 3.63) is 167 Å². The fourth-order valence-electron chi connectivity index (χ4n) is 7.59. The van der Waals surface area contributed by atoms with Crippen LogP contribution < -0.4 is 0 Å². The summed E-state index contributed by atoms with van der Waals surface area (Å²) in [5.74, 6) is 0. The number of hydrogen-bond acceptors (Lipinski definition) is 1. The quantitative estimate of drug-likeness (QED) is 0.175. The van der Waals surface area contributed by atoms with Crippen LogP contribution in [-0.4, -0.2) is 6.21 Å². The Morgan fingerprint density at radius 1 is 0.707 bits per heavy atom. The van der Waals surface area contributed by atoms with Crippen LogP contribution in [0, 0.1) is 5.41 Å². The van der Waals surface area contributed by atoms with Crippen molar-refractivity contribution in [2.45, 2.75) is 18.3 Å². The molecule has 0 atom stereocenters. The molecular weight excluding hydrogens is 494 g/mol. The molecule has 0 aliphatic heterocycles. The number of hydrogen-bond donors (Lipinski definition) is 1. The maximum Gasteiger partial charge on any atom is 0.0725 e. The third-order valence-electron chi connectivity index (χ3n) is 9.29. The highest BCUT2D eigenvalue weighted by molar-refractivity contribution is 5.98. The second-order valence-electron chi connectivity index (χ2n) is 11.2. The van der Waals surface area contributed by atoms with Crippen LogP contribution in [0.3, 0.4) is 0 Å². The van der Waals surface area contributed by atoms with Crippen LogP contribution in [0.15, 0.2) is 128 Å². The summed E-state index contributed by atoms with van der Waals surface area (Å²) in [5, 5.41) is 7.47. The van der Waals surface area contributed by atoms with Crippen LogP contribution in [0.25, 0.3) is 45.0 Å². The minimum Gasteiger partial charge on any atom is -0.309 e. The summed E-state index contributed by atoms with van der Waals surface area (Å²) in [6, 6.07) is 38.5. The Kier molecular flexibility index (Phi) is 5.24. The molecular formula is C40H29N. The first-order chi connectivity index (χ1) is 20.3. The lowest BCUT2D eigenvalue weighted by atomic mass is 9.70. The van der Waals surface area contributed by atoms with Crippen molar-refractivity contribution in [1.29, 1.82) is 5.41 Å². The molecule has 1 spiro atoms. The van der Waals surface area contributed by atoms with Crippen LogP contribution >= 0.6 is 0 Å². The lowest BCUT2D eigenvalue weighted by molar-refractivity contribution is 0.792. The maximum atomic E-state index is 7.47. The van der Waals surface area contributed by atoms with Gasteiger partial charge >= 0.3 is 0 Å². The molecule has 3 aliphatic carbocycles. The van der Waals surface area contributed by atoms with E-state index in [0.29, 0.717) is 0 Å². The molecule has 41 heavy (non-hydrogen) atoms. The van der Waals surface area contributed by atoms with E-state index in [0.717, 1.165) is 24.0 Å². The van der Waals surface area contributed by atoms with E-state index < -0.39 is 0 Å². The van der Waals surface area contributed by atoms with Crippen molar-refractivity contribution < 1.29 is 0 Å². The average molecular weight is 524 g/mol. The van der Waals surface area contributed by atoms with Crippen molar-refractivity contribution in [2.75, 3.05) is 0 Å². The molecule has 1 heteroatoms. The Morgan fingerprint density at radius 3 is 2.07 bits per heavy atom. The van der Waals surface area contributed by atoms with Gasteiger partial charge in [-0.05, 0) is 103 Å². The Hall–Kier alpha value is -5.01. The van der Waals surface area contributed by atoms with Crippen LogP contribution in [0.4, 0.5) is 0 Å². The fourth-order valence-corrected chi connectivity index (χ4v) is 7.59. The van der Waals surface area contributed by atoms with Gasteiger partial charge in [-0.25, -0.2) is 0 Å². The van der Waals surface area contributed by atoms with Gasteiger partial charge in [0.2, 0.25) is 0 Å². The van der Waals surface area contributed by atoms with Crippen LogP contribution in [-0.2, 0) is 11.8 Å². The molecule has 0 unspecified atom stereocenters. The number of allylic oxidation sites excluding steroid dienone is 4. The second-order valence-corrected chi connectivity index (χ2v) is 11.2. The lowest BCUT2D eigenvalue weighted by Gasteiger charge is -2.31. The average Bonchev–Trinajstić information content (AvgIpc) is 3.51. The molecule has 0 amide bonds. The van der Waals surface area contributed by atoms with Crippen molar-refractivity contribution in [2.24, 2.45) is 0 Å². The predicted octanol–water partition coefficient (Wildman–Crippen LogP) is 9.88. The largest absolute Gasteiger partial charge is 0.309 e. The highest BCUT2D eigenvalue weighted by Gasteiger charge is 2.52. The highest BCUT2D eigenvalue weighted by Crippen LogP contribution is 2.64. The Balaban J connectivity index is 1.40. The van der Waals surface area contributed by atoms with E-state index in [1.54, 1.807) is 12.2 Å². The summed E-state index contributed by atoms with van der Waals surface area (Å²) in [6.45, 7) is 3.92. The Morgan fingerprint density at radius 2 is 1.37 bits per heavy atom. The Labute approximate surface area is 241 Å². The molecule has 8 rings (SSSR count). The zero-order valence-corrected chi connectivity index (χ0v) is 22.8. The van der Waals surface area contributed by atoms with Gasteiger partial charge in [0.1, 0.15) is 0 Å². The van der Waals surface area contributed by atoms with E-state index in [9.17, 15) is 0 Å². The molecule has 0 aromatic heterocycles. The summed E-state index contributed by atoms with van der Waals surface area (Å²) >= 11 is 0. The molecule has 0 heterocycles. The second kappa shape index (κ2) is 9.01. The number of nitrogens with one attached hydrogen (secondary N) is 1. The van der Waals surface area contributed by atoms with E-state index in [2.05, 4.69) is 122 Å². The van der Waals surface area contributed by atoms with Gasteiger partial charge in [-0.1, -0.05) is 122 Å². The number of fused-ring (bicyclic) bond motifs is 12. The predicted molar refractivity (Wildman–Crippen MR) is 172 cm³/mol. The van der Waals surface area contributed by atoms with Crippen molar-refractivity contribution in [3.63, 3.8) is 0 Å². The molecule has 5 aromatic rings. The van der Waals surface area contributed by atoms with Gasteiger partial charge in [0, 0.05) is 6.21 Å². The first kappa shape index (κ1) is 23.8. The van der Waals surface area contributed by atoms with Gasteiger partial charge in [0.25, 0.3) is 0 Å². The van der Waals surface area contributed by atoms with Gasteiger partial charge in [0.05, 0.1) is 5.41 Å². The summed E-state index contributed by atoms with van der Waals surface area (Å²) in [6.07, 6.45) is 11.7. The van der Waals surface area contributed by atoms with Gasteiger partial charge < -0.3 is 5.41 Å². The van der Waals surface area contributed by atoms with Crippen LogP contribution in [0.5, 0.6) is 0 Å². The fraction of sp³-hybridized carbons (Fsp3) is 0.0750. The van der Waals surface area contributed by atoms with Gasteiger partial charge in [-0.2, -0.15) is 0 Å². The zero-order chi connectivity index (χ0) is 27.6. The minimum absolute atomic E-state index is 0.313. The summed E-state index contributed by atoms with van der Waals surface area (Å²) in [4.78, 5) is 0. The van der Waals surface area contributed by atoms with Gasteiger partial charge in [0.15, 0.2) is 0 Å². The Bertz CT molecular complexity index is 1920. The normalized spacial score (nSPS) is 15.1. The summed E-state index contributed by atoms with van der Waals surface area (Å²) in [5.41, 5.74) is 18.0. The van der Waals surface area contributed by atoms with E-state index in [1.165, 1.54) is 73.0 Å². The molecule has 0 saturated heterocycles. The molecule has 0 radical (unpaired) electrons. The standard InChI is InChI=1S/C40H29N/c1-2-26(23-24-41)27-15-17-28(18-16-27)30-20-21-37-34(25-30)39-31-10-4-3-9-29(31)19-22-38(39)40(37)35-13-7-5-11-32(35)33-12-6-8-14-36(33)40/h2-3,5-9,11-25,41H,1,4,10H2/b26-23+,41-24?. The third kappa shape index (κ3) is 3.21. The molecule has 0 saturated carbocycles. The molecule has 0 bridgehead atoms. The monoisotopic (exact) mass is 523 g/mol. The first-order valence-corrected chi connectivity index (χ1v) is 14.4. The van der Waals surface area contributed by atoms with E-state index >= 15 is 0 Å². The van der Waals surface area contributed by atoms with Crippen molar-refractivity contribution in [3.8, 4) is 33.4 Å². The third-order valence-corrected chi connectivity index (χ3v) is 9.29. The summed E-state index contributed by atoms with van der Waals surface area (Å²) in [7, 11) is 0.